The van der Waals surface area contributed by atoms with Gasteiger partial charge in [0.2, 0.25) is 0 Å². The summed E-state index contributed by atoms with van der Waals surface area (Å²) in [6, 6.07) is 0. The van der Waals surface area contributed by atoms with E-state index < -0.39 is 18.3 Å². The number of Topliss-reactive ketones (excluding diaryl/α,β-unsaturated/α-hetero) is 1. The van der Waals surface area contributed by atoms with Crippen molar-refractivity contribution in [1.82, 2.24) is 0 Å². The molecule has 0 aromatic carbocycles. The Morgan fingerprint density at radius 3 is 2.21 bits per heavy atom. The Balaban J connectivity index is 1.96. The molecule has 0 aromatic rings. The summed E-state index contributed by atoms with van der Waals surface area (Å²) < 4.78 is 28.1. The van der Waals surface area contributed by atoms with Gasteiger partial charge < -0.3 is 0 Å². The fourth-order valence-corrected chi connectivity index (χ4v) is 3.77. The maximum atomic E-state index is 14.2. The average molecular weight is 272 g/mol. The summed E-state index contributed by atoms with van der Waals surface area (Å²) in [7, 11) is 0. The van der Waals surface area contributed by atoms with Crippen molar-refractivity contribution in [2.24, 2.45) is 23.7 Å². The summed E-state index contributed by atoms with van der Waals surface area (Å²) in [5, 5.41) is 0. The highest BCUT2D eigenvalue weighted by molar-refractivity contribution is 5.84. The fraction of sp³-hybridized carbons (Fsp3) is 0.938. The van der Waals surface area contributed by atoms with E-state index in [9.17, 15) is 13.6 Å². The maximum absolute atomic E-state index is 14.2. The number of carbonyl (C=O) groups excluding carboxylic acids is 1. The highest BCUT2D eigenvalue weighted by atomic mass is 19.2. The molecule has 0 N–H and O–H groups in total. The van der Waals surface area contributed by atoms with Crippen molar-refractivity contribution < 1.29 is 13.6 Å². The van der Waals surface area contributed by atoms with Gasteiger partial charge in [0.25, 0.3) is 0 Å². The predicted octanol–water partition coefficient (Wildman–Crippen LogP) is 4.49. The zero-order valence-corrected chi connectivity index (χ0v) is 12.1. The number of halogens is 2. The summed E-state index contributed by atoms with van der Waals surface area (Å²) in [5.41, 5.74) is 0. The van der Waals surface area contributed by atoms with E-state index in [0.29, 0.717) is 25.2 Å². The Labute approximate surface area is 115 Å². The van der Waals surface area contributed by atoms with Gasteiger partial charge in [0.05, 0.1) is 5.92 Å². The Morgan fingerprint density at radius 1 is 1.00 bits per heavy atom. The Kier molecular flexibility index (Phi) is 4.97. The summed E-state index contributed by atoms with van der Waals surface area (Å²) in [6.45, 7) is 4.09. The van der Waals surface area contributed by atoms with Crippen LogP contribution < -0.4 is 0 Å². The van der Waals surface area contributed by atoms with E-state index >= 15 is 0 Å². The zero-order chi connectivity index (χ0) is 14.0. The van der Waals surface area contributed by atoms with E-state index in [0.717, 1.165) is 25.7 Å². The zero-order valence-electron chi connectivity index (χ0n) is 12.1. The molecule has 4 unspecified atom stereocenters. The van der Waals surface area contributed by atoms with Gasteiger partial charge in [-0.2, -0.15) is 0 Å². The molecule has 2 fully saturated rings. The van der Waals surface area contributed by atoms with Crippen molar-refractivity contribution in [3.8, 4) is 0 Å². The van der Waals surface area contributed by atoms with E-state index in [-0.39, 0.29) is 17.6 Å². The van der Waals surface area contributed by atoms with E-state index in [1.54, 1.807) is 0 Å². The third kappa shape index (κ3) is 3.17. The molecule has 19 heavy (non-hydrogen) atoms. The second-order valence-corrected chi connectivity index (χ2v) is 6.60. The first-order valence-corrected chi connectivity index (χ1v) is 7.86. The van der Waals surface area contributed by atoms with Crippen molar-refractivity contribution in [2.75, 3.05) is 0 Å². The lowest BCUT2D eigenvalue weighted by Crippen LogP contribution is -2.43. The van der Waals surface area contributed by atoms with E-state index in [1.165, 1.54) is 0 Å². The number of carbonyl (C=O) groups is 1. The van der Waals surface area contributed by atoms with Gasteiger partial charge >= 0.3 is 0 Å². The monoisotopic (exact) mass is 272 g/mol. The van der Waals surface area contributed by atoms with Crippen LogP contribution in [0.1, 0.15) is 58.8 Å². The molecule has 0 saturated heterocycles. The summed E-state index contributed by atoms with van der Waals surface area (Å²) in [4.78, 5) is 12.4. The topological polar surface area (TPSA) is 17.1 Å². The van der Waals surface area contributed by atoms with Crippen LogP contribution in [0.5, 0.6) is 0 Å². The number of alkyl halides is 2. The van der Waals surface area contributed by atoms with Gasteiger partial charge in [0.1, 0.15) is 18.1 Å². The van der Waals surface area contributed by atoms with E-state index in [2.05, 4.69) is 6.92 Å². The van der Waals surface area contributed by atoms with Gasteiger partial charge in [0, 0.05) is 5.92 Å². The van der Waals surface area contributed by atoms with E-state index in [4.69, 9.17) is 0 Å². The highest BCUT2D eigenvalue weighted by Gasteiger charge is 2.44. The molecule has 0 aromatic heterocycles. The molecule has 0 spiro atoms. The van der Waals surface area contributed by atoms with Crippen molar-refractivity contribution in [1.29, 1.82) is 0 Å². The lowest BCUT2D eigenvalue weighted by molar-refractivity contribution is -0.134. The van der Waals surface area contributed by atoms with Crippen molar-refractivity contribution >= 4 is 5.78 Å². The average Bonchev–Trinajstić information content (AvgIpc) is 2.42. The van der Waals surface area contributed by atoms with Gasteiger partial charge in [-0.3, -0.25) is 4.79 Å². The van der Waals surface area contributed by atoms with Crippen LogP contribution in [-0.2, 0) is 4.79 Å². The van der Waals surface area contributed by atoms with Crippen LogP contribution >= 0.6 is 0 Å². The summed E-state index contributed by atoms with van der Waals surface area (Å²) in [5.74, 6) is -0.182. The first-order valence-electron chi connectivity index (χ1n) is 7.86. The molecule has 0 aliphatic heterocycles. The van der Waals surface area contributed by atoms with Crippen molar-refractivity contribution in [2.45, 2.75) is 71.1 Å². The van der Waals surface area contributed by atoms with Crippen LogP contribution in [0.4, 0.5) is 8.78 Å². The standard InChI is InChI=1S/C16H26F2O/c1-3-11-8-9-13(15(18)14(11)17)16(19)12-6-4-10(2)5-7-12/h10-15H,3-9H2,1-2H3. The van der Waals surface area contributed by atoms with Gasteiger partial charge in [-0.15, -0.1) is 0 Å². The fourth-order valence-electron chi connectivity index (χ4n) is 3.77. The lowest BCUT2D eigenvalue weighted by Gasteiger charge is -2.36. The predicted molar refractivity (Wildman–Crippen MR) is 72.4 cm³/mol. The Hall–Kier alpha value is -0.470. The minimum Gasteiger partial charge on any atom is -0.299 e. The molecule has 1 nitrogen and oxygen atoms in total. The molecular formula is C16H26F2O. The smallest absolute Gasteiger partial charge is 0.142 e. The number of hydrogen-bond donors (Lipinski definition) is 0. The molecule has 2 aliphatic carbocycles. The SMILES string of the molecule is CCC1CCC(C(=O)C2CCC(C)CC2)C(F)C1F. The largest absolute Gasteiger partial charge is 0.299 e. The Morgan fingerprint density at radius 2 is 1.63 bits per heavy atom. The maximum Gasteiger partial charge on any atom is 0.142 e. The summed E-state index contributed by atoms with van der Waals surface area (Å²) >= 11 is 0. The molecular weight excluding hydrogens is 246 g/mol. The molecule has 2 saturated carbocycles. The normalized spacial score (nSPS) is 44.0. The second-order valence-electron chi connectivity index (χ2n) is 6.60. The molecule has 110 valence electrons. The Bertz CT molecular complexity index is 310. The minimum atomic E-state index is -1.56. The van der Waals surface area contributed by atoms with Crippen LogP contribution in [-0.4, -0.2) is 18.1 Å². The van der Waals surface area contributed by atoms with Gasteiger partial charge in [-0.25, -0.2) is 8.78 Å². The molecule has 0 radical (unpaired) electrons. The van der Waals surface area contributed by atoms with Crippen molar-refractivity contribution in [3.63, 3.8) is 0 Å². The van der Waals surface area contributed by atoms with Crippen LogP contribution in [0.25, 0.3) is 0 Å². The number of hydrogen-bond acceptors (Lipinski definition) is 1. The quantitative estimate of drug-likeness (QED) is 0.739. The summed E-state index contributed by atoms with van der Waals surface area (Å²) in [6.07, 6.45) is 2.73. The molecule has 2 rings (SSSR count). The molecule has 0 amide bonds. The number of rotatable bonds is 3. The molecule has 0 heterocycles. The molecule has 2 aliphatic rings. The van der Waals surface area contributed by atoms with Gasteiger partial charge in [-0.05, 0) is 37.5 Å². The van der Waals surface area contributed by atoms with Crippen LogP contribution in [0.2, 0.25) is 0 Å². The van der Waals surface area contributed by atoms with E-state index in [1.807, 2.05) is 6.92 Å². The highest BCUT2D eigenvalue weighted by Crippen LogP contribution is 2.39. The van der Waals surface area contributed by atoms with Crippen LogP contribution in [0.3, 0.4) is 0 Å². The lowest BCUT2D eigenvalue weighted by atomic mass is 9.71. The van der Waals surface area contributed by atoms with Crippen LogP contribution in [0.15, 0.2) is 0 Å². The third-order valence-electron chi connectivity index (χ3n) is 5.30. The molecule has 0 bridgehead atoms. The van der Waals surface area contributed by atoms with Gasteiger partial charge in [0.15, 0.2) is 0 Å². The van der Waals surface area contributed by atoms with Crippen molar-refractivity contribution in [3.05, 3.63) is 0 Å². The first kappa shape index (κ1) is 14.9. The molecule has 3 heteroatoms. The van der Waals surface area contributed by atoms with Gasteiger partial charge in [-0.1, -0.05) is 33.1 Å². The second kappa shape index (κ2) is 6.32. The first-order chi connectivity index (χ1) is 9.04. The van der Waals surface area contributed by atoms with Crippen LogP contribution in [0, 0.1) is 23.7 Å². The molecule has 4 atom stereocenters. The third-order valence-corrected chi connectivity index (χ3v) is 5.30. The minimum absolute atomic E-state index is 0.00942. The number of ketones is 1.